The van der Waals surface area contributed by atoms with Crippen molar-refractivity contribution in [3.05, 3.63) is 92.1 Å². The van der Waals surface area contributed by atoms with E-state index in [4.69, 9.17) is 4.42 Å². The van der Waals surface area contributed by atoms with Crippen LogP contribution in [0.2, 0.25) is 0 Å². The predicted molar refractivity (Wildman–Crippen MR) is 190 cm³/mol. The largest absolute Gasteiger partial charge is 0.444 e. The lowest BCUT2D eigenvalue weighted by molar-refractivity contribution is -0.118. The number of aromatic amines is 2. The molecule has 16 nitrogen and oxygen atoms in total. The summed E-state index contributed by atoms with van der Waals surface area (Å²) in [6.45, 7) is 5.97. The zero-order chi connectivity index (χ0) is 36.3. The topological polar surface area (TPSA) is 218 Å². The van der Waals surface area contributed by atoms with Crippen molar-refractivity contribution in [2.24, 2.45) is 4.99 Å². The average Bonchev–Trinajstić information content (AvgIpc) is 3.62. The fourth-order valence-corrected chi connectivity index (χ4v) is 6.56. The first-order valence-corrected chi connectivity index (χ1v) is 18.3. The van der Waals surface area contributed by atoms with Gasteiger partial charge in [0.15, 0.2) is 17.3 Å². The van der Waals surface area contributed by atoms with E-state index in [9.17, 15) is 27.6 Å². The summed E-state index contributed by atoms with van der Waals surface area (Å²) in [5.74, 6) is -0.0136. The van der Waals surface area contributed by atoms with Crippen molar-refractivity contribution in [3.8, 4) is 11.5 Å². The minimum atomic E-state index is -3.22. The van der Waals surface area contributed by atoms with Gasteiger partial charge in [0.05, 0.1) is 16.9 Å². The first-order chi connectivity index (χ1) is 24.4. The highest BCUT2D eigenvalue weighted by atomic mass is 32.2. The van der Waals surface area contributed by atoms with Gasteiger partial charge in [-0.3, -0.25) is 39.0 Å². The van der Waals surface area contributed by atoms with Gasteiger partial charge in [0.2, 0.25) is 11.8 Å². The second-order valence-corrected chi connectivity index (χ2v) is 14.4. The van der Waals surface area contributed by atoms with Crippen LogP contribution in [0.1, 0.15) is 65.9 Å². The molecule has 0 atom stereocenters. The van der Waals surface area contributed by atoms with Gasteiger partial charge in [-0.15, -0.1) is 0 Å². The lowest BCUT2D eigenvalue weighted by atomic mass is 10.1. The molecule has 2 amide bonds. The fraction of sp³-hybridized carbons (Fsp3) is 0.324. The molecule has 6 heterocycles. The molecule has 4 aromatic heterocycles. The molecule has 2 N–H and O–H groups in total. The maximum atomic E-state index is 13.7. The summed E-state index contributed by atoms with van der Waals surface area (Å²) in [7, 11) is -3.22. The summed E-state index contributed by atoms with van der Waals surface area (Å²) in [4.78, 5) is 82.8. The van der Waals surface area contributed by atoms with Crippen LogP contribution in [0.25, 0.3) is 22.8 Å². The molecule has 0 unspecified atom stereocenters. The number of oxazole rings is 1. The molecule has 0 spiro atoms. The molecule has 2 aliphatic heterocycles. The van der Waals surface area contributed by atoms with Crippen LogP contribution in [-0.4, -0.2) is 82.0 Å². The van der Waals surface area contributed by atoms with Crippen LogP contribution >= 0.6 is 0 Å². The van der Waals surface area contributed by atoms with Gasteiger partial charge in [-0.2, -0.15) is 0 Å². The molecule has 0 saturated heterocycles. The maximum absolute atomic E-state index is 13.7. The predicted octanol–water partition coefficient (Wildman–Crippen LogP) is 2.75. The minimum absolute atomic E-state index is 0.00737. The van der Waals surface area contributed by atoms with Crippen LogP contribution in [-0.2, 0) is 27.5 Å². The van der Waals surface area contributed by atoms with Crippen LogP contribution in [0, 0.1) is 0 Å². The van der Waals surface area contributed by atoms with Crippen molar-refractivity contribution in [2.45, 2.75) is 45.4 Å². The summed E-state index contributed by atoms with van der Waals surface area (Å²) in [6, 6.07) is 5.23. The van der Waals surface area contributed by atoms with Crippen LogP contribution in [0.3, 0.4) is 0 Å². The van der Waals surface area contributed by atoms with Crippen LogP contribution in [0.15, 0.2) is 61.8 Å². The molecular weight excluding hydrogens is 678 g/mol. The number of amides is 2. The lowest BCUT2D eigenvalue weighted by Crippen LogP contribution is -2.39. The quantitative estimate of drug-likeness (QED) is 0.180. The number of aromatic nitrogens is 6. The fourth-order valence-electron chi connectivity index (χ4n) is 5.89. The second kappa shape index (κ2) is 14.6. The first-order valence-electron chi connectivity index (χ1n) is 16.2. The number of fused-ring (bicyclic) bond motifs is 2. The molecule has 51 heavy (non-hydrogen) atoms. The molecule has 17 heteroatoms. The van der Waals surface area contributed by atoms with Crippen molar-refractivity contribution >= 4 is 51.3 Å². The SMILES string of the molecule is C=N/C(=C\C=C(/C)c1nc(C(=O)N2CCCc3c2nc(-c2ccccn2)[nH]c3=O)co1)c1nc2c(c(=O)[nH]1)CCCN2C(=O)CCCS(C)(=O)=O. The summed E-state index contributed by atoms with van der Waals surface area (Å²) in [6.07, 6.45) is 9.24. The highest BCUT2D eigenvalue weighted by Crippen LogP contribution is 2.28. The van der Waals surface area contributed by atoms with E-state index in [1.807, 2.05) is 0 Å². The van der Waals surface area contributed by atoms with Crippen LogP contribution in [0.4, 0.5) is 11.6 Å². The number of rotatable bonds is 10. The van der Waals surface area contributed by atoms with Gasteiger partial charge < -0.3 is 14.4 Å². The number of carbonyl (C=O) groups excluding carboxylic acids is 2. The number of pyridine rings is 1. The van der Waals surface area contributed by atoms with Crippen molar-refractivity contribution in [1.82, 2.24) is 29.9 Å². The van der Waals surface area contributed by atoms with Crippen molar-refractivity contribution in [2.75, 3.05) is 34.9 Å². The number of sulfone groups is 1. The van der Waals surface area contributed by atoms with Gasteiger partial charge in [0.25, 0.3) is 17.0 Å². The minimum Gasteiger partial charge on any atom is -0.444 e. The Bertz CT molecular complexity index is 2310. The highest BCUT2D eigenvalue weighted by Gasteiger charge is 2.30. The maximum Gasteiger partial charge on any atom is 0.281 e. The van der Waals surface area contributed by atoms with Gasteiger partial charge in [-0.25, -0.2) is 23.4 Å². The number of aliphatic imine (C=N–C) groups is 1. The van der Waals surface area contributed by atoms with Gasteiger partial charge in [0, 0.05) is 37.5 Å². The highest BCUT2D eigenvalue weighted by molar-refractivity contribution is 7.90. The first kappa shape index (κ1) is 35.0. The summed E-state index contributed by atoms with van der Waals surface area (Å²) in [5.41, 5.74) is 1.17. The third-order valence-electron chi connectivity index (χ3n) is 8.44. The number of carbonyl (C=O) groups is 2. The molecule has 0 aliphatic carbocycles. The van der Waals surface area contributed by atoms with Gasteiger partial charge >= 0.3 is 0 Å². The zero-order valence-corrected chi connectivity index (χ0v) is 28.8. The number of nitrogens with zero attached hydrogens (tertiary/aromatic N) is 7. The Morgan fingerprint density at radius 2 is 1.71 bits per heavy atom. The molecule has 0 aromatic carbocycles. The van der Waals surface area contributed by atoms with Gasteiger partial charge in [-0.1, -0.05) is 12.1 Å². The Morgan fingerprint density at radius 1 is 1.00 bits per heavy atom. The second-order valence-electron chi connectivity index (χ2n) is 12.2. The summed E-state index contributed by atoms with van der Waals surface area (Å²) >= 11 is 0. The summed E-state index contributed by atoms with van der Waals surface area (Å²) < 4.78 is 28.7. The van der Waals surface area contributed by atoms with E-state index in [0.717, 1.165) is 6.26 Å². The Balaban J connectivity index is 1.23. The number of anilines is 2. The van der Waals surface area contributed by atoms with Crippen molar-refractivity contribution in [1.29, 1.82) is 0 Å². The number of nitrogens with one attached hydrogen (secondary N) is 2. The van der Waals surface area contributed by atoms with E-state index in [1.165, 1.54) is 22.1 Å². The Hall–Kier alpha value is -5.84. The third-order valence-corrected chi connectivity index (χ3v) is 9.47. The summed E-state index contributed by atoms with van der Waals surface area (Å²) in [5, 5.41) is 0. The van der Waals surface area contributed by atoms with E-state index in [-0.39, 0.29) is 70.6 Å². The Labute approximate surface area is 292 Å². The molecule has 4 aromatic rings. The molecule has 264 valence electrons. The monoisotopic (exact) mass is 713 g/mol. The van der Waals surface area contributed by atoms with Gasteiger partial charge in [0.1, 0.15) is 39.1 Å². The average molecular weight is 714 g/mol. The van der Waals surface area contributed by atoms with Gasteiger partial charge in [-0.05, 0) is 64.0 Å². The molecular formula is C34H35N9O7S. The third kappa shape index (κ3) is 7.67. The molecule has 0 bridgehead atoms. The standard InChI is InChI=1S/C34H35N9O7S/c1-20(13-14-23(35-2)27-38-29-21(31(45)40-27)9-6-16-42(29)26(44)12-8-18-51(3,48)49)33-37-25(19-50-33)34(47)43-17-7-10-22-30(43)39-28(41-32(22)46)24-11-4-5-15-36-24/h4-5,11,13-15,19H,2,6-10,12,16-18H2,1,3H3,(H,38,40,45)(H,39,41,46)/b20-13+,23-14-. The number of allylic oxidation sites excluding steroid dienone is 3. The molecule has 0 saturated carbocycles. The molecule has 0 radical (unpaired) electrons. The normalized spacial score (nSPS) is 14.9. The van der Waals surface area contributed by atoms with Crippen molar-refractivity contribution < 1.29 is 22.4 Å². The van der Waals surface area contributed by atoms with E-state index >= 15 is 0 Å². The number of hydrogen-bond acceptors (Lipinski definition) is 12. The molecule has 2 aliphatic rings. The lowest BCUT2D eigenvalue weighted by Gasteiger charge is -2.28. The van der Waals surface area contributed by atoms with Crippen molar-refractivity contribution in [3.63, 3.8) is 0 Å². The zero-order valence-electron chi connectivity index (χ0n) is 28.0. The van der Waals surface area contributed by atoms with E-state index < -0.39 is 21.3 Å². The Morgan fingerprint density at radius 3 is 2.39 bits per heavy atom. The van der Waals surface area contributed by atoms with Crippen LogP contribution in [0.5, 0.6) is 0 Å². The number of hydrogen-bond donors (Lipinski definition) is 2. The van der Waals surface area contributed by atoms with E-state index in [2.05, 4.69) is 41.6 Å². The number of H-pyrrole nitrogens is 2. The van der Waals surface area contributed by atoms with E-state index in [1.54, 1.807) is 37.4 Å². The smallest absolute Gasteiger partial charge is 0.281 e. The Kier molecular flexibility index (Phi) is 9.99. The molecule has 0 fully saturated rings. The van der Waals surface area contributed by atoms with E-state index in [0.29, 0.717) is 61.2 Å². The molecule has 6 rings (SSSR count). The van der Waals surface area contributed by atoms with Crippen LogP contribution < -0.4 is 20.9 Å².